The van der Waals surface area contributed by atoms with Gasteiger partial charge in [0.25, 0.3) is 0 Å². The molecule has 1 aliphatic rings. The SMILES string of the molecule is CCc1cnccc1C(=O)CC1CCCCC1. The molecule has 0 aromatic carbocycles. The van der Waals surface area contributed by atoms with Crippen molar-refractivity contribution in [3.8, 4) is 0 Å². The van der Waals surface area contributed by atoms with E-state index in [4.69, 9.17) is 0 Å². The Labute approximate surface area is 103 Å². The first-order valence-electron chi connectivity index (χ1n) is 6.77. The van der Waals surface area contributed by atoms with Crippen molar-refractivity contribution in [2.75, 3.05) is 0 Å². The number of aromatic nitrogens is 1. The Morgan fingerprint density at radius 1 is 1.35 bits per heavy atom. The van der Waals surface area contributed by atoms with Crippen LogP contribution in [0.2, 0.25) is 0 Å². The largest absolute Gasteiger partial charge is 0.294 e. The van der Waals surface area contributed by atoms with Crippen molar-refractivity contribution in [2.45, 2.75) is 51.9 Å². The van der Waals surface area contributed by atoms with Crippen LogP contribution in [0.5, 0.6) is 0 Å². The van der Waals surface area contributed by atoms with Crippen LogP contribution in [0.25, 0.3) is 0 Å². The van der Waals surface area contributed by atoms with Crippen LogP contribution >= 0.6 is 0 Å². The Bertz CT molecular complexity index is 380. The summed E-state index contributed by atoms with van der Waals surface area (Å²) in [4.78, 5) is 16.4. The van der Waals surface area contributed by atoms with E-state index in [9.17, 15) is 4.79 Å². The lowest BCUT2D eigenvalue weighted by Gasteiger charge is -2.21. The summed E-state index contributed by atoms with van der Waals surface area (Å²) in [6.45, 7) is 2.08. The summed E-state index contributed by atoms with van der Waals surface area (Å²) < 4.78 is 0. The third-order valence-electron chi connectivity index (χ3n) is 3.78. The molecular weight excluding hydrogens is 210 g/mol. The zero-order chi connectivity index (χ0) is 12.1. The van der Waals surface area contributed by atoms with Gasteiger partial charge < -0.3 is 0 Å². The van der Waals surface area contributed by atoms with Gasteiger partial charge in [0.1, 0.15) is 0 Å². The van der Waals surface area contributed by atoms with Gasteiger partial charge in [0.2, 0.25) is 0 Å². The molecule has 0 radical (unpaired) electrons. The molecule has 1 aromatic heterocycles. The topological polar surface area (TPSA) is 30.0 Å². The molecule has 0 unspecified atom stereocenters. The van der Waals surface area contributed by atoms with E-state index >= 15 is 0 Å². The quantitative estimate of drug-likeness (QED) is 0.738. The second kappa shape index (κ2) is 5.95. The Kier molecular flexibility index (Phi) is 4.29. The molecule has 17 heavy (non-hydrogen) atoms. The Balaban J connectivity index is 2.03. The fourth-order valence-electron chi connectivity index (χ4n) is 2.74. The minimum atomic E-state index is 0.316. The first-order chi connectivity index (χ1) is 8.31. The summed E-state index contributed by atoms with van der Waals surface area (Å²) in [5.74, 6) is 0.935. The van der Waals surface area contributed by atoms with Crippen LogP contribution in [0, 0.1) is 5.92 Å². The number of Topliss-reactive ketones (excluding diaryl/α,β-unsaturated/α-hetero) is 1. The van der Waals surface area contributed by atoms with Crippen LogP contribution in [-0.2, 0) is 6.42 Å². The summed E-state index contributed by atoms with van der Waals surface area (Å²) in [5.41, 5.74) is 1.99. The average molecular weight is 231 g/mol. The molecule has 92 valence electrons. The predicted octanol–water partition coefficient (Wildman–Crippen LogP) is 3.80. The molecule has 2 rings (SSSR count). The van der Waals surface area contributed by atoms with E-state index in [0.717, 1.165) is 24.0 Å². The Morgan fingerprint density at radius 3 is 2.82 bits per heavy atom. The van der Waals surface area contributed by atoms with E-state index in [1.165, 1.54) is 32.1 Å². The molecule has 0 atom stereocenters. The zero-order valence-corrected chi connectivity index (χ0v) is 10.6. The number of carbonyl (C=O) groups excluding carboxylic acids is 1. The lowest BCUT2D eigenvalue weighted by atomic mass is 9.84. The minimum Gasteiger partial charge on any atom is -0.294 e. The van der Waals surface area contributed by atoms with Crippen molar-refractivity contribution >= 4 is 5.78 Å². The maximum atomic E-state index is 12.3. The number of ketones is 1. The minimum absolute atomic E-state index is 0.316. The summed E-state index contributed by atoms with van der Waals surface area (Å²) in [6.07, 6.45) is 11.6. The summed E-state index contributed by atoms with van der Waals surface area (Å²) >= 11 is 0. The van der Waals surface area contributed by atoms with E-state index in [-0.39, 0.29) is 0 Å². The van der Waals surface area contributed by atoms with Gasteiger partial charge in [-0.2, -0.15) is 0 Å². The highest BCUT2D eigenvalue weighted by atomic mass is 16.1. The van der Waals surface area contributed by atoms with Crippen LogP contribution < -0.4 is 0 Å². The first kappa shape index (κ1) is 12.3. The molecule has 0 spiro atoms. The van der Waals surface area contributed by atoms with Gasteiger partial charge in [-0.15, -0.1) is 0 Å². The third kappa shape index (κ3) is 3.15. The molecule has 0 bridgehead atoms. The van der Waals surface area contributed by atoms with Crippen LogP contribution in [0.3, 0.4) is 0 Å². The first-order valence-corrected chi connectivity index (χ1v) is 6.77. The highest BCUT2D eigenvalue weighted by molar-refractivity contribution is 5.97. The molecule has 2 nitrogen and oxygen atoms in total. The van der Waals surface area contributed by atoms with Crippen molar-refractivity contribution in [3.63, 3.8) is 0 Å². The van der Waals surface area contributed by atoms with Crippen LogP contribution in [0.1, 0.15) is 61.4 Å². The number of nitrogens with zero attached hydrogens (tertiary/aromatic N) is 1. The van der Waals surface area contributed by atoms with Crippen LogP contribution in [-0.4, -0.2) is 10.8 Å². The second-order valence-corrected chi connectivity index (χ2v) is 5.02. The molecule has 1 heterocycles. The highest BCUT2D eigenvalue weighted by Crippen LogP contribution is 2.27. The van der Waals surface area contributed by atoms with Crippen molar-refractivity contribution in [1.82, 2.24) is 4.98 Å². The lowest BCUT2D eigenvalue weighted by molar-refractivity contribution is 0.0949. The molecule has 0 aliphatic heterocycles. The molecule has 2 heteroatoms. The third-order valence-corrected chi connectivity index (χ3v) is 3.78. The van der Waals surface area contributed by atoms with Gasteiger partial charge in [0.15, 0.2) is 5.78 Å². The number of pyridine rings is 1. The van der Waals surface area contributed by atoms with Gasteiger partial charge >= 0.3 is 0 Å². The van der Waals surface area contributed by atoms with Gasteiger partial charge in [-0.3, -0.25) is 9.78 Å². The standard InChI is InChI=1S/C15H21NO/c1-2-13-11-16-9-8-14(13)15(17)10-12-6-4-3-5-7-12/h8-9,11-12H,2-7,10H2,1H3. The Morgan fingerprint density at radius 2 is 2.12 bits per heavy atom. The normalized spacial score (nSPS) is 17.0. The summed E-state index contributed by atoms with van der Waals surface area (Å²) in [7, 11) is 0. The second-order valence-electron chi connectivity index (χ2n) is 5.02. The summed E-state index contributed by atoms with van der Waals surface area (Å²) in [5, 5.41) is 0. The fourth-order valence-corrected chi connectivity index (χ4v) is 2.74. The smallest absolute Gasteiger partial charge is 0.163 e. The molecule has 0 amide bonds. The van der Waals surface area contributed by atoms with Crippen molar-refractivity contribution in [2.24, 2.45) is 5.92 Å². The van der Waals surface area contributed by atoms with Crippen molar-refractivity contribution in [3.05, 3.63) is 29.6 Å². The van der Waals surface area contributed by atoms with Crippen LogP contribution in [0.4, 0.5) is 0 Å². The predicted molar refractivity (Wildman–Crippen MR) is 69.1 cm³/mol. The number of rotatable bonds is 4. The molecule has 0 N–H and O–H groups in total. The van der Waals surface area contributed by atoms with Crippen molar-refractivity contribution < 1.29 is 4.79 Å². The highest BCUT2D eigenvalue weighted by Gasteiger charge is 2.19. The Hall–Kier alpha value is -1.18. The summed E-state index contributed by atoms with van der Waals surface area (Å²) in [6, 6.07) is 1.88. The maximum Gasteiger partial charge on any atom is 0.163 e. The maximum absolute atomic E-state index is 12.3. The number of hydrogen-bond donors (Lipinski definition) is 0. The average Bonchev–Trinajstić information content (AvgIpc) is 2.40. The van der Waals surface area contributed by atoms with Gasteiger partial charge in [-0.1, -0.05) is 39.0 Å². The molecule has 1 saturated carbocycles. The van der Waals surface area contributed by atoms with E-state index in [1.54, 1.807) is 6.20 Å². The van der Waals surface area contributed by atoms with Gasteiger partial charge in [-0.05, 0) is 24.0 Å². The number of hydrogen-bond acceptors (Lipinski definition) is 2. The lowest BCUT2D eigenvalue weighted by Crippen LogP contribution is -2.13. The van der Waals surface area contributed by atoms with Crippen LogP contribution in [0.15, 0.2) is 18.5 Å². The molecular formula is C15H21NO. The van der Waals surface area contributed by atoms with Gasteiger partial charge in [-0.25, -0.2) is 0 Å². The number of aryl methyl sites for hydroxylation is 1. The monoisotopic (exact) mass is 231 g/mol. The molecule has 0 saturated heterocycles. The van der Waals surface area contributed by atoms with Crippen molar-refractivity contribution in [1.29, 1.82) is 0 Å². The fraction of sp³-hybridized carbons (Fsp3) is 0.600. The van der Waals surface area contributed by atoms with E-state index in [2.05, 4.69) is 11.9 Å². The van der Waals surface area contributed by atoms with E-state index < -0.39 is 0 Å². The molecule has 1 aliphatic carbocycles. The van der Waals surface area contributed by atoms with E-state index in [0.29, 0.717) is 11.7 Å². The van der Waals surface area contributed by atoms with E-state index in [1.807, 2.05) is 12.3 Å². The zero-order valence-electron chi connectivity index (χ0n) is 10.6. The molecule has 1 fully saturated rings. The van der Waals surface area contributed by atoms with Gasteiger partial charge in [0.05, 0.1) is 0 Å². The number of carbonyl (C=O) groups is 1. The molecule has 1 aromatic rings. The van der Waals surface area contributed by atoms with Gasteiger partial charge in [0, 0.05) is 24.4 Å².